The summed E-state index contributed by atoms with van der Waals surface area (Å²) in [4.78, 5) is 10.6. The summed E-state index contributed by atoms with van der Waals surface area (Å²) in [6.07, 6.45) is 3.09. The number of rotatable bonds is 2. The van der Waals surface area contributed by atoms with Crippen LogP contribution < -0.4 is 5.32 Å². The van der Waals surface area contributed by atoms with Gasteiger partial charge in [0.25, 0.3) is 0 Å². The van der Waals surface area contributed by atoms with Gasteiger partial charge in [-0.3, -0.25) is 10.1 Å². The largest absolute Gasteiger partial charge is 0.480 e. The highest BCUT2D eigenvalue weighted by Gasteiger charge is 2.30. The highest BCUT2D eigenvalue weighted by atomic mass is 16.4. The second-order valence-electron chi connectivity index (χ2n) is 3.20. The quantitative estimate of drug-likeness (QED) is 0.718. The topological polar surface area (TPSA) is 62.5 Å². The Kier molecular flexibility index (Phi) is 2.06. The van der Waals surface area contributed by atoms with Gasteiger partial charge in [0, 0.05) is 0 Å². The van der Waals surface area contributed by atoms with E-state index < -0.39 is 12.0 Å². The normalized spacial score (nSPS) is 27.7. The fourth-order valence-corrected chi connectivity index (χ4v) is 1.65. The van der Waals surface area contributed by atoms with Crippen LogP contribution in [0.3, 0.4) is 0 Å². The number of hydrogen-bond donors (Lipinski definition) is 2. The van der Waals surface area contributed by atoms with Crippen LogP contribution in [-0.2, 0) is 4.79 Å². The van der Waals surface area contributed by atoms with Gasteiger partial charge in [-0.15, -0.1) is 0 Å². The van der Waals surface area contributed by atoms with Crippen LogP contribution in [0.5, 0.6) is 0 Å². The average Bonchev–Trinajstić information content (AvgIpc) is 2.75. The SMILES string of the molecule is O=C(O)[C@H]1CC[C@@H](c2ccco2)N1. The number of aliphatic carboxylic acids is 1. The van der Waals surface area contributed by atoms with Crippen molar-refractivity contribution < 1.29 is 14.3 Å². The molecule has 1 aliphatic heterocycles. The van der Waals surface area contributed by atoms with E-state index in [1.165, 1.54) is 0 Å². The first-order chi connectivity index (χ1) is 6.27. The maximum absolute atomic E-state index is 10.6. The van der Waals surface area contributed by atoms with Gasteiger partial charge in [0.15, 0.2) is 0 Å². The molecule has 1 fully saturated rings. The van der Waals surface area contributed by atoms with Crippen LogP contribution in [0.25, 0.3) is 0 Å². The lowest BCUT2D eigenvalue weighted by Crippen LogP contribution is -2.31. The molecule has 0 spiro atoms. The van der Waals surface area contributed by atoms with Gasteiger partial charge in [0.1, 0.15) is 11.8 Å². The molecular formula is C9H11NO3. The second-order valence-corrected chi connectivity index (χ2v) is 3.20. The molecule has 0 aromatic carbocycles. The molecule has 2 N–H and O–H groups in total. The summed E-state index contributed by atoms with van der Waals surface area (Å²) in [5.74, 6) is 0.0396. The van der Waals surface area contributed by atoms with Crippen molar-refractivity contribution in [3.63, 3.8) is 0 Å². The van der Waals surface area contributed by atoms with Crippen molar-refractivity contribution in [2.75, 3.05) is 0 Å². The predicted molar refractivity (Wildman–Crippen MR) is 45.2 cm³/mol. The number of nitrogens with one attached hydrogen (secondary N) is 1. The molecule has 1 aromatic rings. The van der Waals surface area contributed by atoms with Gasteiger partial charge >= 0.3 is 5.97 Å². The van der Waals surface area contributed by atoms with E-state index in [0.717, 1.165) is 12.2 Å². The lowest BCUT2D eigenvalue weighted by Gasteiger charge is -2.08. The minimum Gasteiger partial charge on any atom is -0.480 e. The molecule has 1 aliphatic rings. The standard InChI is InChI=1S/C9H11NO3/c11-9(12)7-4-3-6(10-7)8-2-1-5-13-8/h1-2,5-7,10H,3-4H2,(H,11,12)/t6-,7+/m0/s1. The van der Waals surface area contributed by atoms with E-state index in [-0.39, 0.29) is 6.04 Å². The molecule has 13 heavy (non-hydrogen) atoms. The first kappa shape index (κ1) is 8.31. The summed E-state index contributed by atoms with van der Waals surface area (Å²) in [5.41, 5.74) is 0. The molecule has 0 amide bonds. The Hall–Kier alpha value is -1.29. The van der Waals surface area contributed by atoms with E-state index in [9.17, 15) is 4.79 Å². The molecule has 70 valence electrons. The summed E-state index contributed by atoms with van der Waals surface area (Å²) in [5, 5.41) is 11.7. The maximum atomic E-state index is 10.6. The zero-order valence-corrected chi connectivity index (χ0v) is 7.06. The van der Waals surface area contributed by atoms with E-state index in [4.69, 9.17) is 9.52 Å². The Morgan fingerprint density at radius 1 is 1.62 bits per heavy atom. The van der Waals surface area contributed by atoms with Crippen LogP contribution in [0.2, 0.25) is 0 Å². The van der Waals surface area contributed by atoms with Crippen molar-refractivity contribution in [2.24, 2.45) is 0 Å². The first-order valence-electron chi connectivity index (χ1n) is 4.29. The number of furan rings is 1. The molecule has 4 heteroatoms. The molecule has 2 rings (SSSR count). The molecule has 0 bridgehead atoms. The van der Waals surface area contributed by atoms with Gasteiger partial charge < -0.3 is 9.52 Å². The van der Waals surface area contributed by atoms with Gasteiger partial charge in [-0.25, -0.2) is 0 Å². The lowest BCUT2D eigenvalue weighted by atomic mass is 10.1. The zero-order valence-electron chi connectivity index (χ0n) is 7.06. The number of hydrogen-bond acceptors (Lipinski definition) is 3. The Labute approximate surface area is 75.6 Å². The Morgan fingerprint density at radius 2 is 2.46 bits per heavy atom. The third-order valence-electron chi connectivity index (χ3n) is 2.33. The summed E-state index contributed by atoms with van der Waals surface area (Å²) in [6, 6.07) is 3.32. The van der Waals surface area contributed by atoms with Crippen LogP contribution in [0, 0.1) is 0 Å². The summed E-state index contributed by atoms with van der Waals surface area (Å²) in [7, 11) is 0. The molecule has 0 saturated carbocycles. The molecule has 1 saturated heterocycles. The van der Waals surface area contributed by atoms with Crippen molar-refractivity contribution in [3.05, 3.63) is 24.2 Å². The van der Waals surface area contributed by atoms with Crippen molar-refractivity contribution in [1.29, 1.82) is 0 Å². The Balaban J connectivity index is 2.03. The molecule has 0 unspecified atom stereocenters. The van der Waals surface area contributed by atoms with E-state index in [2.05, 4.69) is 5.32 Å². The summed E-state index contributed by atoms with van der Waals surface area (Å²) in [6.45, 7) is 0. The number of carboxylic acid groups (broad SMARTS) is 1. The van der Waals surface area contributed by atoms with Gasteiger partial charge in [0.05, 0.1) is 12.3 Å². The van der Waals surface area contributed by atoms with Crippen LogP contribution >= 0.6 is 0 Å². The second kappa shape index (κ2) is 3.22. The van der Waals surface area contributed by atoms with Gasteiger partial charge in [-0.2, -0.15) is 0 Å². The molecule has 2 atom stereocenters. The van der Waals surface area contributed by atoms with Crippen LogP contribution in [0.1, 0.15) is 24.6 Å². The van der Waals surface area contributed by atoms with E-state index in [0.29, 0.717) is 6.42 Å². The smallest absolute Gasteiger partial charge is 0.320 e. The monoisotopic (exact) mass is 181 g/mol. The van der Waals surface area contributed by atoms with E-state index in [1.807, 2.05) is 12.1 Å². The lowest BCUT2D eigenvalue weighted by molar-refractivity contribution is -0.139. The minimum absolute atomic E-state index is 0.0658. The van der Waals surface area contributed by atoms with Crippen molar-refractivity contribution in [1.82, 2.24) is 5.32 Å². The first-order valence-corrected chi connectivity index (χ1v) is 4.29. The predicted octanol–water partition coefficient (Wildman–Crippen LogP) is 1.16. The van der Waals surface area contributed by atoms with Gasteiger partial charge in [-0.1, -0.05) is 0 Å². The minimum atomic E-state index is -0.783. The fraction of sp³-hybridized carbons (Fsp3) is 0.444. The van der Waals surface area contributed by atoms with Crippen LogP contribution in [0.4, 0.5) is 0 Å². The molecule has 0 aliphatic carbocycles. The van der Waals surface area contributed by atoms with Crippen LogP contribution in [0.15, 0.2) is 22.8 Å². The molecular weight excluding hydrogens is 170 g/mol. The number of carboxylic acids is 1. The van der Waals surface area contributed by atoms with Gasteiger partial charge in [-0.05, 0) is 25.0 Å². The third kappa shape index (κ3) is 1.58. The Morgan fingerprint density at radius 3 is 3.00 bits per heavy atom. The molecule has 2 heterocycles. The molecule has 0 radical (unpaired) electrons. The zero-order chi connectivity index (χ0) is 9.26. The number of carbonyl (C=O) groups is 1. The molecule has 4 nitrogen and oxygen atoms in total. The summed E-state index contributed by atoms with van der Waals surface area (Å²) >= 11 is 0. The average molecular weight is 181 g/mol. The maximum Gasteiger partial charge on any atom is 0.320 e. The highest BCUT2D eigenvalue weighted by molar-refractivity contribution is 5.73. The fourth-order valence-electron chi connectivity index (χ4n) is 1.65. The molecule has 1 aromatic heterocycles. The van der Waals surface area contributed by atoms with Crippen molar-refractivity contribution in [2.45, 2.75) is 24.9 Å². The van der Waals surface area contributed by atoms with Crippen molar-refractivity contribution >= 4 is 5.97 Å². The van der Waals surface area contributed by atoms with E-state index >= 15 is 0 Å². The Bertz CT molecular complexity index is 294. The van der Waals surface area contributed by atoms with Crippen LogP contribution in [-0.4, -0.2) is 17.1 Å². The summed E-state index contributed by atoms with van der Waals surface area (Å²) < 4.78 is 5.19. The third-order valence-corrected chi connectivity index (χ3v) is 2.33. The van der Waals surface area contributed by atoms with E-state index in [1.54, 1.807) is 6.26 Å². The highest BCUT2D eigenvalue weighted by Crippen LogP contribution is 2.26. The van der Waals surface area contributed by atoms with Crippen molar-refractivity contribution in [3.8, 4) is 0 Å². The van der Waals surface area contributed by atoms with Gasteiger partial charge in [0.2, 0.25) is 0 Å².